The van der Waals surface area contributed by atoms with Crippen LogP contribution in [0, 0.1) is 19.7 Å². The highest BCUT2D eigenvalue weighted by Crippen LogP contribution is 2.33. The van der Waals surface area contributed by atoms with Crippen LogP contribution in [0.1, 0.15) is 38.7 Å². The molecule has 5 aromatic rings. The van der Waals surface area contributed by atoms with Gasteiger partial charge in [0.2, 0.25) is 0 Å². The Balaban J connectivity index is 1.45. The van der Waals surface area contributed by atoms with E-state index >= 15 is 0 Å². The van der Waals surface area contributed by atoms with Crippen molar-refractivity contribution in [1.29, 1.82) is 0 Å². The molecule has 0 unspecified atom stereocenters. The molecule has 7 nitrogen and oxygen atoms in total. The summed E-state index contributed by atoms with van der Waals surface area (Å²) >= 11 is 0. The van der Waals surface area contributed by atoms with Gasteiger partial charge in [-0.25, -0.2) is 13.9 Å². The quantitative estimate of drug-likeness (QED) is 0.237. The summed E-state index contributed by atoms with van der Waals surface area (Å²) < 4.78 is 96.2. The summed E-state index contributed by atoms with van der Waals surface area (Å²) in [6.07, 6.45) is -9.37. The van der Waals surface area contributed by atoms with Gasteiger partial charge in [0.15, 0.2) is 17.0 Å². The number of halogens is 7. The van der Waals surface area contributed by atoms with E-state index < -0.39 is 35.3 Å². The highest BCUT2D eigenvalue weighted by molar-refractivity contribution is 6.04. The standard InChI is InChI=1S/C27H19F7N6O/c1-14-24(15(2)39(37-14)13-16-4-3-5-18(10-16)26(29,30)31)36-25(41)21-12-23-35-20(17-6-8-19(28)9-7-17)11-22(27(32,33)34)40(23)38-21/h3-12H,13H2,1-2H3,(H,36,41). The van der Waals surface area contributed by atoms with E-state index in [-0.39, 0.29) is 34.8 Å². The number of benzene rings is 2. The maximum absolute atomic E-state index is 13.9. The van der Waals surface area contributed by atoms with Crippen LogP contribution in [-0.2, 0) is 18.9 Å². The topological polar surface area (TPSA) is 77.1 Å². The van der Waals surface area contributed by atoms with Crippen LogP contribution in [0.25, 0.3) is 16.9 Å². The van der Waals surface area contributed by atoms with Crippen molar-refractivity contribution in [3.63, 3.8) is 0 Å². The summed E-state index contributed by atoms with van der Waals surface area (Å²) in [6.45, 7) is 3.13. The van der Waals surface area contributed by atoms with Crippen LogP contribution in [0.15, 0.2) is 60.7 Å². The maximum Gasteiger partial charge on any atom is 0.433 e. The zero-order chi connectivity index (χ0) is 29.7. The molecule has 3 heterocycles. The first-order valence-electron chi connectivity index (χ1n) is 12.0. The first kappa shape index (κ1) is 27.8. The van der Waals surface area contributed by atoms with Crippen molar-refractivity contribution >= 4 is 17.2 Å². The number of aromatic nitrogens is 5. The third kappa shape index (κ3) is 5.62. The van der Waals surface area contributed by atoms with E-state index in [4.69, 9.17) is 0 Å². The zero-order valence-electron chi connectivity index (χ0n) is 21.3. The Bertz CT molecular complexity index is 1770. The molecule has 5 rings (SSSR count). The summed E-state index contributed by atoms with van der Waals surface area (Å²) in [5.41, 5.74) is -1.22. The lowest BCUT2D eigenvalue weighted by Gasteiger charge is -2.11. The number of carbonyl (C=O) groups excluding carboxylic acids is 1. The minimum atomic E-state index is -4.85. The number of anilines is 1. The molecular weight excluding hydrogens is 557 g/mol. The number of aryl methyl sites for hydroxylation is 1. The number of nitrogens with one attached hydrogen (secondary N) is 1. The SMILES string of the molecule is Cc1nn(Cc2cccc(C(F)(F)F)c2)c(C)c1NC(=O)c1cc2nc(-c3ccc(F)cc3)cc(C(F)(F)F)n2n1. The van der Waals surface area contributed by atoms with Crippen molar-refractivity contribution in [2.24, 2.45) is 0 Å². The van der Waals surface area contributed by atoms with Gasteiger partial charge in [0, 0.05) is 11.6 Å². The van der Waals surface area contributed by atoms with E-state index in [0.29, 0.717) is 21.5 Å². The van der Waals surface area contributed by atoms with Crippen LogP contribution in [0.3, 0.4) is 0 Å². The van der Waals surface area contributed by atoms with Gasteiger partial charge in [-0.2, -0.15) is 36.5 Å². The molecule has 0 aliphatic heterocycles. The van der Waals surface area contributed by atoms with Gasteiger partial charge in [0.25, 0.3) is 5.91 Å². The van der Waals surface area contributed by atoms with E-state index in [1.807, 2.05) is 0 Å². The maximum atomic E-state index is 13.9. The minimum absolute atomic E-state index is 0.0220. The fourth-order valence-corrected chi connectivity index (χ4v) is 4.28. The fraction of sp³-hybridized carbons (Fsp3) is 0.185. The summed E-state index contributed by atoms with van der Waals surface area (Å²) in [5, 5.41) is 10.7. The van der Waals surface area contributed by atoms with Gasteiger partial charge in [0.1, 0.15) is 5.82 Å². The Kier molecular flexibility index (Phi) is 6.79. The van der Waals surface area contributed by atoms with Crippen molar-refractivity contribution in [3.05, 3.63) is 100 Å². The van der Waals surface area contributed by atoms with E-state index in [2.05, 4.69) is 20.5 Å². The monoisotopic (exact) mass is 576 g/mol. The molecule has 0 atom stereocenters. The largest absolute Gasteiger partial charge is 0.433 e. The molecule has 0 spiro atoms. The molecule has 0 fully saturated rings. The number of amides is 1. The Hall–Kier alpha value is -4.75. The van der Waals surface area contributed by atoms with Crippen molar-refractivity contribution < 1.29 is 35.5 Å². The fourth-order valence-electron chi connectivity index (χ4n) is 4.28. The van der Waals surface area contributed by atoms with Crippen molar-refractivity contribution in [2.45, 2.75) is 32.7 Å². The Morgan fingerprint density at radius 1 is 0.902 bits per heavy atom. The average molecular weight is 576 g/mol. The highest BCUT2D eigenvalue weighted by Gasteiger charge is 2.36. The number of nitrogens with zero attached hydrogens (tertiary/aromatic N) is 5. The Labute approximate surface area is 227 Å². The highest BCUT2D eigenvalue weighted by atomic mass is 19.4. The predicted molar refractivity (Wildman–Crippen MR) is 134 cm³/mol. The first-order chi connectivity index (χ1) is 19.2. The lowest BCUT2D eigenvalue weighted by atomic mass is 10.1. The molecule has 212 valence electrons. The van der Waals surface area contributed by atoms with Crippen LogP contribution in [0.4, 0.5) is 36.4 Å². The Morgan fingerprint density at radius 2 is 1.61 bits per heavy atom. The second-order valence-electron chi connectivity index (χ2n) is 9.19. The van der Waals surface area contributed by atoms with Crippen LogP contribution >= 0.6 is 0 Å². The molecule has 0 saturated carbocycles. The van der Waals surface area contributed by atoms with Gasteiger partial charge in [-0.3, -0.25) is 9.48 Å². The molecular formula is C27H19F7N6O. The molecule has 0 bridgehead atoms. The third-order valence-corrected chi connectivity index (χ3v) is 6.30. The van der Waals surface area contributed by atoms with Crippen LogP contribution < -0.4 is 5.32 Å². The number of rotatable bonds is 5. The molecule has 14 heteroatoms. The summed E-state index contributed by atoms with van der Waals surface area (Å²) in [6, 6.07) is 11.3. The van der Waals surface area contributed by atoms with Crippen LogP contribution in [0.5, 0.6) is 0 Å². The lowest BCUT2D eigenvalue weighted by Crippen LogP contribution is -2.16. The normalized spacial score (nSPS) is 12.2. The van der Waals surface area contributed by atoms with Crippen molar-refractivity contribution in [2.75, 3.05) is 5.32 Å². The smallest absolute Gasteiger partial charge is 0.317 e. The molecule has 0 aliphatic carbocycles. The molecule has 3 aromatic heterocycles. The van der Waals surface area contributed by atoms with Gasteiger partial charge in [-0.15, -0.1) is 0 Å². The van der Waals surface area contributed by atoms with E-state index in [9.17, 15) is 35.5 Å². The van der Waals surface area contributed by atoms with Crippen molar-refractivity contribution in [1.82, 2.24) is 24.4 Å². The van der Waals surface area contributed by atoms with Crippen molar-refractivity contribution in [3.8, 4) is 11.3 Å². The van der Waals surface area contributed by atoms with Crippen LogP contribution in [-0.4, -0.2) is 30.3 Å². The summed E-state index contributed by atoms with van der Waals surface area (Å²) in [5.74, 6) is -1.42. The number of carbonyl (C=O) groups is 1. The minimum Gasteiger partial charge on any atom is -0.317 e. The zero-order valence-corrected chi connectivity index (χ0v) is 21.3. The van der Waals surface area contributed by atoms with E-state index in [1.54, 1.807) is 13.8 Å². The second kappa shape index (κ2) is 10.0. The van der Waals surface area contributed by atoms with E-state index in [1.165, 1.54) is 28.9 Å². The second-order valence-corrected chi connectivity index (χ2v) is 9.19. The van der Waals surface area contributed by atoms with Crippen LogP contribution in [0.2, 0.25) is 0 Å². The van der Waals surface area contributed by atoms with E-state index in [0.717, 1.165) is 36.4 Å². The van der Waals surface area contributed by atoms with Gasteiger partial charge < -0.3 is 5.32 Å². The Morgan fingerprint density at radius 3 is 2.27 bits per heavy atom. The molecule has 0 saturated heterocycles. The average Bonchev–Trinajstić information content (AvgIpc) is 3.44. The molecule has 41 heavy (non-hydrogen) atoms. The number of alkyl halides is 6. The number of hydrogen-bond acceptors (Lipinski definition) is 4. The lowest BCUT2D eigenvalue weighted by molar-refractivity contribution is -0.142. The first-order valence-corrected chi connectivity index (χ1v) is 12.0. The molecule has 0 radical (unpaired) electrons. The molecule has 1 N–H and O–H groups in total. The van der Waals surface area contributed by atoms with Gasteiger partial charge in [-0.1, -0.05) is 12.1 Å². The number of hydrogen-bond donors (Lipinski definition) is 1. The van der Waals surface area contributed by atoms with Gasteiger partial charge in [0.05, 0.1) is 34.9 Å². The summed E-state index contributed by atoms with van der Waals surface area (Å²) in [7, 11) is 0. The molecule has 0 aliphatic rings. The molecule has 1 amide bonds. The van der Waals surface area contributed by atoms with Gasteiger partial charge in [-0.05, 0) is 61.9 Å². The third-order valence-electron chi connectivity index (χ3n) is 6.30. The predicted octanol–water partition coefficient (Wildman–Crippen LogP) is 6.69. The molecule has 2 aromatic carbocycles. The summed E-state index contributed by atoms with van der Waals surface area (Å²) in [4.78, 5) is 17.2. The van der Waals surface area contributed by atoms with Gasteiger partial charge >= 0.3 is 12.4 Å². The number of fused-ring (bicyclic) bond motifs is 1.